The van der Waals surface area contributed by atoms with E-state index in [2.05, 4.69) is 20.6 Å². The quantitative estimate of drug-likeness (QED) is 0.744. The minimum Gasteiger partial charge on any atom is -0.369 e. The molecule has 0 atom stereocenters. The summed E-state index contributed by atoms with van der Waals surface area (Å²) >= 11 is 6.13. The van der Waals surface area contributed by atoms with Gasteiger partial charge in [0.05, 0.1) is 5.52 Å². The van der Waals surface area contributed by atoms with Gasteiger partial charge in [-0.15, -0.1) is 0 Å². The molecule has 2 heterocycles. The first-order chi connectivity index (χ1) is 12.6. The number of halogens is 1. The van der Waals surface area contributed by atoms with Crippen molar-refractivity contribution in [2.75, 3.05) is 38.0 Å². The summed E-state index contributed by atoms with van der Waals surface area (Å²) in [7, 11) is 0. The number of likely N-dealkylation sites (tertiary alicyclic amines) is 1. The van der Waals surface area contributed by atoms with E-state index < -0.39 is 0 Å². The van der Waals surface area contributed by atoms with Crippen LogP contribution in [0.5, 0.6) is 0 Å². The van der Waals surface area contributed by atoms with E-state index in [1.165, 1.54) is 0 Å². The number of nitrogens with one attached hydrogen (secondary N) is 2. The number of fused-ring (bicyclic) bond motifs is 1. The Morgan fingerprint density at radius 1 is 1.35 bits per heavy atom. The van der Waals surface area contributed by atoms with Gasteiger partial charge in [-0.25, -0.2) is 14.8 Å². The summed E-state index contributed by atoms with van der Waals surface area (Å²) in [6.45, 7) is 5.20. The van der Waals surface area contributed by atoms with Crippen LogP contribution in [-0.2, 0) is 0 Å². The number of hydrogen-bond donors (Lipinski definition) is 3. The van der Waals surface area contributed by atoms with Gasteiger partial charge in [0, 0.05) is 43.1 Å². The van der Waals surface area contributed by atoms with Gasteiger partial charge in [-0.05, 0) is 43.9 Å². The van der Waals surface area contributed by atoms with E-state index in [9.17, 15) is 4.79 Å². The Balaban J connectivity index is 1.58. The Hall–Kier alpha value is -2.12. The largest absolute Gasteiger partial charge is 0.369 e. The van der Waals surface area contributed by atoms with Crippen LogP contribution in [0.25, 0.3) is 10.9 Å². The van der Waals surface area contributed by atoms with E-state index in [0.717, 1.165) is 55.0 Å². The maximum absolute atomic E-state index is 12.0. The van der Waals surface area contributed by atoms with Crippen LogP contribution in [0, 0.1) is 12.8 Å². The number of aryl methyl sites for hydroxylation is 1. The lowest BCUT2D eigenvalue weighted by atomic mass is 9.97. The Labute approximate surface area is 158 Å². The first-order valence-electron chi connectivity index (χ1n) is 8.97. The summed E-state index contributed by atoms with van der Waals surface area (Å²) in [5.74, 6) is 2.05. The molecule has 26 heavy (non-hydrogen) atoms. The van der Waals surface area contributed by atoms with Crippen LogP contribution in [-0.4, -0.2) is 53.6 Å². The van der Waals surface area contributed by atoms with Crippen LogP contribution in [0.3, 0.4) is 0 Å². The molecule has 0 spiro atoms. The van der Waals surface area contributed by atoms with Crippen LogP contribution in [0.4, 0.5) is 10.6 Å². The SMILES string of the molecule is Cc1nc(NCC2CCN(C(=O)NCCN)CC2)c2cc(Cl)ccc2n1. The Kier molecular flexibility index (Phi) is 6.11. The minimum atomic E-state index is -0.0195. The highest BCUT2D eigenvalue weighted by Crippen LogP contribution is 2.25. The van der Waals surface area contributed by atoms with Crippen molar-refractivity contribution in [2.45, 2.75) is 19.8 Å². The molecule has 1 fully saturated rings. The molecule has 4 N–H and O–H groups in total. The smallest absolute Gasteiger partial charge is 0.317 e. The molecule has 2 amide bonds. The fourth-order valence-electron chi connectivity index (χ4n) is 3.22. The summed E-state index contributed by atoms with van der Waals surface area (Å²) in [6.07, 6.45) is 1.93. The average Bonchev–Trinajstić information content (AvgIpc) is 2.65. The Morgan fingerprint density at radius 3 is 2.85 bits per heavy atom. The van der Waals surface area contributed by atoms with Crippen molar-refractivity contribution < 1.29 is 4.79 Å². The first-order valence-corrected chi connectivity index (χ1v) is 9.35. The molecule has 1 saturated heterocycles. The molecule has 7 nitrogen and oxygen atoms in total. The van der Waals surface area contributed by atoms with E-state index in [-0.39, 0.29) is 6.03 Å². The van der Waals surface area contributed by atoms with Crippen LogP contribution in [0.2, 0.25) is 5.02 Å². The van der Waals surface area contributed by atoms with Gasteiger partial charge in [0.25, 0.3) is 0 Å². The number of hydrogen-bond acceptors (Lipinski definition) is 5. The predicted molar refractivity (Wildman–Crippen MR) is 105 cm³/mol. The van der Waals surface area contributed by atoms with E-state index in [4.69, 9.17) is 17.3 Å². The zero-order valence-corrected chi connectivity index (χ0v) is 15.7. The number of urea groups is 1. The lowest BCUT2D eigenvalue weighted by molar-refractivity contribution is 0.173. The Morgan fingerprint density at radius 2 is 2.12 bits per heavy atom. The lowest BCUT2D eigenvalue weighted by Gasteiger charge is -2.32. The van der Waals surface area contributed by atoms with Crippen LogP contribution >= 0.6 is 11.6 Å². The predicted octanol–water partition coefficient (Wildman–Crippen LogP) is 2.38. The van der Waals surface area contributed by atoms with Crippen LogP contribution in [0.1, 0.15) is 18.7 Å². The highest BCUT2D eigenvalue weighted by Gasteiger charge is 2.22. The number of amides is 2. The van der Waals surface area contributed by atoms with Gasteiger partial charge >= 0.3 is 6.03 Å². The molecule has 2 aromatic rings. The standard InChI is InChI=1S/C18H25ClN6O/c1-12-23-16-3-2-14(19)10-15(16)17(24-12)22-11-13-4-8-25(9-5-13)18(26)21-7-6-20/h2-3,10,13H,4-9,11,20H2,1H3,(H,21,26)(H,22,23,24). The number of aromatic nitrogens is 2. The molecule has 0 unspecified atom stereocenters. The second-order valence-corrected chi connectivity index (χ2v) is 7.05. The number of anilines is 1. The molecule has 0 saturated carbocycles. The van der Waals surface area contributed by atoms with E-state index in [1.807, 2.05) is 30.0 Å². The monoisotopic (exact) mass is 376 g/mol. The number of benzene rings is 1. The molecule has 1 aromatic heterocycles. The minimum absolute atomic E-state index is 0.0195. The van der Waals surface area contributed by atoms with Crippen molar-refractivity contribution >= 4 is 34.4 Å². The molecular formula is C18H25ClN6O. The van der Waals surface area contributed by atoms with Gasteiger partial charge in [0.15, 0.2) is 0 Å². The van der Waals surface area contributed by atoms with Crippen LogP contribution in [0.15, 0.2) is 18.2 Å². The molecule has 1 aromatic carbocycles. The summed E-state index contributed by atoms with van der Waals surface area (Å²) in [6, 6.07) is 5.62. The molecule has 0 radical (unpaired) electrons. The average molecular weight is 377 g/mol. The van der Waals surface area contributed by atoms with Crippen molar-refractivity contribution in [3.05, 3.63) is 29.0 Å². The first kappa shape index (κ1) is 18.7. The fourth-order valence-corrected chi connectivity index (χ4v) is 3.40. The number of nitrogens with zero attached hydrogens (tertiary/aromatic N) is 3. The zero-order valence-electron chi connectivity index (χ0n) is 15.0. The number of nitrogens with two attached hydrogens (primary N) is 1. The summed E-state index contributed by atoms with van der Waals surface area (Å²) in [5.41, 5.74) is 6.31. The maximum Gasteiger partial charge on any atom is 0.317 e. The van der Waals surface area contributed by atoms with Gasteiger partial charge < -0.3 is 21.3 Å². The third-order valence-corrected chi connectivity index (χ3v) is 4.89. The number of piperidine rings is 1. The third kappa shape index (κ3) is 4.53. The summed E-state index contributed by atoms with van der Waals surface area (Å²) < 4.78 is 0. The van der Waals surface area contributed by atoms with Gasteiger partial charge in [0.2, 0.25) is 0 Å². The zero-order chi connectivity index (χ0) is 18.5. The van der Waals surface area contributed by atoms with Crippen LogP contribution < -0.4 is 16.4 Å². The molecule has 1 aliphatic rings. The van der Waals surface area contributed by atoms with Crippen molar-refractivity contribution in [2.24, 2.45) is 11.7 Å². The number of carbonyl (C=O) groups excluding carboxylic acids is 1. The second kappa shape index (κ2) is 8.51. The molecule has 0 bridgehead atoms. The van der Waals surface area contributed by atoms with Crippen molar-refractivity contribution in [1.29, 1.82) is 0 Å². The third-order valence-electron chi connectivity index (χ3n) is 4.65. The molecule has 0 aliphatic carbocycles. The Bertz CT molecular complexity index is 776. The normalized spacial score (nSPS) is 15.3. The molecular weight excluding hydrogens is 352 g/mol. The number of carbonyl (C=O) groups is 1. The topological polar surface area (TPSA) is 96.2 Å². The lowest BCUT2D eigenvalue weighted by Crippen LogP contribution is -2.46. The summed E-state index contributed by atoms with van der Waals surface area (Å²) in [4.78, 5) is 22.8. The van der Waals surface area contributed by atoms with E-state index in [0.29, 0.717) is 24.0 Å². The van der Waals surface area contributed by atoms with Crippen molar-refractivity contribution in [1.82, 2.24) is 20.2 Å². The highest BCUT2D eigenvalue weighted by molar-refractivity contribution is 6.31. The molecule has 8 heteroatoms. The van der Waals surface area contributed by atoms with Crippen molar-refractivity contribution in [3.63, 3.8) is 0 Å². The fraction of sp³-hybridized carbons (Fsp3) is 0.500. The van der Waals surface area contributed by atoms with E-state index in [1.54, 1.807) is 0 Å². The van der Waals surface area contributed by atoms with Gasteiger partial charge in [-0.2, -0.15) is 0 Å². The second-order valence-electron chi connectivity index (χ2n) is 6.61. The van der Waals surface area contributed by atoms with Gasteiger partial charge in [-0.1, -0.05) is 11.6 Å². The van der Waals surface area contributed by atoms with Crippen molar-refractivity contribution in [3.8, 4) is 0 Å². The van der Waals surface area contributed by atoms with E-state index >= 15 is 0 Å². The maximum atomic E-state index is 12.0. The van der Waals surface area contributed by atoms with Gasteiger partial charge in [0.1, 0.15) is 11.6 Å². The molecule has 1 aliphatic heterocycles. The molecule has 3 rings (SSSR count). The highest BCUT2D eigenvalue weighted by atomic mass is 35.5. The number of rotatable bonds is 5. The summed E-state index contributed by atoms with van der Waals surface area (Å²) in [5, 5.41) is 7.88. The van der Waals surface area contributed by atoms with Gasteiger partial charge in [-0.3, -0.25) is 0 Å². The molecule has 140 valence electrons.